The largest absolute Gasteiger partial charge is 0.400 e. The van der Waals surface area contributed by atoms with Crippen molar-refractivity contribution in [3.63, 3.8) is 0 Å². The van der Waals surface area contributed by atoms with Gasteiger partial charge in [-0.3, -0.25) is 14.5 Å². The second-order valence-corrected chi connectivity index (χ2v) is 3.76. The standard InChI is InChI=1S/C11H9NO2.CH4O/c13-10-8-3-1-2-4-9(8)11(14)12(10)7-5-6-7;1-2/h1-4,7H,5-6H2;2H,1H3. The van der Waals surface area contributed by atoms with E-state index in [0.29, 0.717) is 11.1 Å². The molecule has 0 bridgehead atoms. The SMILES string of the molecule is CO.O=C1c2ccccc2C(=O)N1C1CC1. The first-order valence-corrected chi connectivity index (χ1v) is 5.20. The Bertz CT molecular complexity index is 403. The molecule has 4 nitrogen and oxygen atoms in total. The highest BCUT2D eigenvalue weighted by atomic mass is 16.2. The van der Waals surface area contributed by atoms with Gasteiger partial charge in [0, 0.05) is 13.2 Å². The van der Waals surface area contributed by atoms with Crippen LogP contribution in [0.5, 0.6) is 0 Å². The zero-order chi connectivity index (χ0) is 11.7. The van der Waals surface area contributed by atoms with Crippen LogP contribution in [-0.4, -0.2) is 35.0 Å². The van der Waals surface area contributed by atoms with E-state index in [1.165, 1.54) is 4.90 Å². The normalized spacial score (nSPS) is 18.0. The maximum absolute atomic E-state index is 11.8. The van der Waals surface area contributed by atoms with Crippen molar-refractivity contribution in [2.75, 3.05) is 7.11 Å². The Hall–Kier alpha value is -1.68. The number of benzene rings is 1. The highest BCUT2D eigenvalue weighted by Gasteiger charge is 2.43. The molecule has 0 spiro atoms. The minimum absolute atomic E-state index is 0.117. The molecular formula is C12H13NO3. The molecule has 2 aliphatic rings. The van der Waals surface area contributed by atoms with Crippen molar-refractivity contribution in [3.8, 4) is 0 Å². The molecule has 1 heterocycles. The van der Waals surface area contributed by atoms with Gasteiger partial charge in [-0.2, -0.15) is 0 Å². The summed E-state index contributed by atoms with van der Waals surface area (Å²) in [6, 6.07) is 7.19. The van der Waals surface area contributed by atoms with Crippen LogP contribution in [-0.2, 0) is 0 Å². The van der Waals surface area contributed by atoms with Gasteiger partial charge in [0.25, 0.3) is 11.8 Å². The highest BCUT2D eigenvalue weighted by molar-refractivity contribution is 6.21. The van der Waals surface area contributed by atoms with Crippen LogP contribution >= 0.6 is 0 Å². The van der Waals surface area contributed by atoms with E-state index in [4.69, 9.17) is 5.11 Å². The molecule has 1 saturated carbocycles. The first-order chi connectivity index (χ1) is 7.79. The maximum Gasteiger partial charge on any atom is 0.261 e. The van der Waals surface area contributed by atoms with Crippen molar-refractivity contribution in [3.05, 3.63) is 35.4 Å². The molecule has 1 fully saturated rings. The second-order valence-electron chi connectivity index (χ2n) is 3.76. The molecule has 1 aromatic rings. The van der Waals surface area contributed by atoms with Crippen LogP contribution in [0.2, 0.25) is 0 Å². The number of imide groups is 1. The fraction of sp³-hybridized carbons (Fsp3) is 0.333. The molecule has 0 aromatic heterocycles. The molecule has 84 valence electrons. The molecule has 1 aliphatic heterocycles. The summed E-state index contributed by atoms with van der Waals surface area (Å²) >= 11 is 0. The quantitative estimate of drug-likeness (QED) is 0.718. The van der Waals surface area contributed by atoms with Crippen molar-refractivity contribution in [1.82, 2.24) is 4.90 Å². The first kappa shape index (κ1) is 10.8. The van der Waals surface area contributed by atoms with E-state index in [-0.39, 0.29) is 17.9 Å². The minimum Gasteiger partial charge on any atom is -0.400 e. The summed E-state index contributed by atoms with van der Waals surface area (Å²) in [5, 5.41) is 7.00. The maximum atomic E-state index is 11.8. The van der Waals surface area contributed by atoms with Gasteiger partial charge in [-0.15, -0.1) is 0 Å². The number of rotatable bonds is 1. The number of aliphatic hydroxyl groups is 1. The van der Waals surface area contributed by atoms with Gasteiger partial charge in [0.05, 0.1) is 11.1 Å². The van der Waals surface area contributed by atoms with Crippen molar-refractivity contribution in [2.45, 2.75) is 18.9 Å². The molecule has 0 unspecified atom stereocenters. The van der Waals surface area contributed by atoms with E-state index >= 15 is 0 Å². The van der Waals surface area contributed by atoms with Gasteiger partial charge in [0.2, 0.25) is 0 Å². The Morgan fingerprint density at radius 3 is 1.88 bits per heavy atom. The molecule has 2 amide bonds. The van der Waals surface area contributed by atoms with Gasteiger partial charge in [0.15, 0.2) is 0 Å². The topological polar surface area (TPSA) is 57.6 Å². The Balaban J connectivity index is 0.000000457. The lowest BCUT2D eigenvalue weighted by atomic mass is 10.1. The number of hydrogen-bond donors (Lipinski definition) is 1. The third-order valence-corrected chi connectivity index (χ3v) is 2.74. The summed E-state index contributed by atoms with van der Waals surface area (Å²) in [5.74, 6) is -0.235. The van der Waals surface area contributed by atoms with Crippen LogP contribution in [0.1, 0.15) is 33.6 Å². The van der Waals surface area contributed by atoms with Gasteiger partial charge >= 0.3 is 0 Å². The molecule has 0 atom stereocenters. The van der Waals surface area contributed by atoms with Crippen molar-refractivity contribution in [2.24, 2.45) is 0 Å². The number of carbonyl (C=O) groups is 2. The lowest BCUT2D eigenvalue weighted by Gasteiger charge is -2.11. The van der Waals surface area contributed by atoms with E-state index in [1.807, 2.05) is 0 Å². The zero-order valence-electron chi connectivity index (χ0n) is 9.01. The lowest BCUT2D eigenvalue weighted by Crippen LogP contribution is -2.31. The van der Waals surface area contributed by atoms with Crippen LogP contribution in [0.3, 0.4) is 0 Å². The third kappa shape index (κ3) is 1.51. The fourth-order valence-electron chi connectivity index (χ4n) is 1.87. The van der Waals surface area contributed by atoms with Gasteiger partial charge in [0.1, 0.15) is 0 Å². The smallest absolute Gasteiger partial charge is 0.261 e. The van der Waals surface area contributed by atoms with Gasteiger partial charge in [-0.25, -0.2) is 0 Å². The number of amides is 2. The monoisotopic (exact) mass is 219 g/mol. The Labute approximate surface area is 93.5 Å². The van der Waals surface area contributed by atoms with E-state index < -0.39 is 0 Å². The van der Waals surface area contributed by atoms with E-state index in [1.54, 1.807) is 24.3 Å². The molecule has 1 aliphatic carbocycles. The molecule has 4 heteroatoms. The van der Waals surface area contributed by atoms with Crippen LogP contribution in [0.15, 0.2) is 24.3 Å². The van der Waals surface area contributed by atoms with E-state index in [0.717, 1.165) is 20.0 Å². The zero-order valence-corrected chi connectivity index (χ0v) is 9.01. The Morgan fingerprint density at radius 1 is 1.06 bits per heavy atom. The third-order valence-electron chi connectivity index (χ3n) is 2.74. The molecule has 0 radical (unpaired) electrons. The van der Waals surface area contributed by atoms with E-state index in [2.05, 4.69) is 0 Å². The van der Waals surface area contributed by atoms with Crippen LogP contribution in [0.4, 0.5) is 0 Å². The summed E-state index contributed by atoms with van der Waals surface area (Å²) in [6.45, 7) is 0. The fourth-order valence-corrected chi connectivity index (χ4v) is 1.87. The second kappa shape index (κ2) is 4.06. The van der Waals surface area contributed by atoms with Crippen LogP contribution in [0.25, 0.3) is 0 Å². The number of aliphatic hydroxyl groups excluding tert-OH is 1. The lowest BCUT2D eigenvalue weighted by molar-refractivity contribution is 0.0642. The van der Waals surface area contributed by atoms with Gasteiger partial charge in [-0.1, -0.05) is 12.1 Å². The molecular weight excluding hydrogens is 206 g/mol. The van der Waals surface area contributed by atoms with Crippen molar-refractivity contribution in [1.29, 1.82) is 0 Å². The summed E-state index contributed by atoms with van der Waals surface area (Å²) < 4.78 is 0. The Morgan fingerprint density at radius 2 is 1.50 bits per heavy atom. The number of fused-ring (bicyclic) bond motifs is 1. The summed E-state index contributed by atoms with van der Waals surface area (Å²) in [7, 11) is 1.00. The molecule has 0 saturated heterocycles. The predicted molar refractivity (Wildman–Crippen MR) is 58.1 cm³/mol. The van der Waals surface area contributed by atoms with Gasteiger partial charge in [-0.05, 0) is 25.0 Å². The van der Waals surface area contributed by atoms with Crippen molar-refractivity contribution < 1.29 is 14.7 Å². The van der Waals surface area contributed by atoms with E-state index in [9.17, 15) is 9.59 Å². The van der Waals surface area contributed by atoms with Gasteiger partial charge < -0.3 is 5.11 Å². The van der Waals surface area contributed by atoms with Crippen LogP contribution in [0, 0.1) is 0 Å². The van der Waals surface area contributed by atoms with Crippen molar-refractivity contribution >= 4 is 11.8 Å². The Kier molecular flexibility index (Phi) is 2.75. The summed E-state index contributed by atoms with van der Waals surface area (Å²) in [6.07, 6.45) is 1.93. The molecule has 1 aromatic carbocycles. The summed E-state index contributed by atoms with van der Waals surface area (Å²) in [5.41, 5.74) is 1.12. The average Bonchev–Trinajstić information content (AvgIpc) is 3.13. The predicted octanol–water partition coefficient (Wildman–Crippen LogP) is 1.05. The molecule has 3 rings (SSSR count). The van der Waals surface area contributed by atoms with Crippen LogP contribution < -0.4 is 0 Å². The molecule has 16 heavy (non-hydrogen) atoms. The molecule has 1 N–H and O–H groups in total. The number of nitrogens with zero attached hydrogens (tertiary/aromatic N) is 1. The average molecular weight is 219 g/mol. The minimum atomic E-state index is -0.117. The highest BCUT2D eigenvalue weighted by Crippen LogP contribution is 2.34. The summed E-state index contributed by atoms with van der Waals surface area (Å²) in [4.78, 5) is 25.0. The number of hydrogen-bond acceptors (Lipinski definition) is 3. The first-order valence-electron chi connectivity index (χ1n) is 5.20. The number of carbonyl (C=O) groups excluding carboxylic acids is 2.